The molecule has 0 atom stereocenters. The summed E-state index contributed by atoms with van der Waals surface area (Å²) in [7, 11) is 2.07. The number of rotatable bonds is 4. The van der Waals surface area contributed by atoms with Crippen LogP contribution in [0.1, 0.15) is 37.7 Å². The Kier molecular flexibility index (Phi) is 4.59. The molecule has 1 saturated carbocycles. The molecule has 0 saturated heterocycles. The molecule has 0 aromatic heterocycles. The lowest BCUT2D eigenvalue weighted by Gasteiger charge is -2.27. The summed E-state index contributed by atoms with van der Waals surface area (Å²) in [6.07, 6.45) is 6.75. The van der Waals surface area contributed by atoms with E-state index in [1.165, 1.54) is 38.2 Å². The van der Waals surface area contributed by atoms with E-state index in [1.807, 2.05) is 0 Å². The molecule has 2 N–H and O–H groups in total. The van der Waals surface area contributed by atoms with E-state index in [1.54, 1.807) is 12.1 Å². The third-order valence-electron chi connectivity index (χ3n) is 3.81. The molecule has 2 rings (SSSR count). The molecular weight excluding hydrogens is 227 g/mol. The van der Waals surface area contributed by atoms with Gasteiger partial charge in [0.15, 0.2) is 0 Å². The number of hydrogen-bond donors (Lipinski definition) is 1. The maximum absolute atomic E-state index is 13.7. The maximum Gasteiger partial charge on any atom is 0.129 e. The average Bonchev–Trinajstić information content (AvgIpc) is 2.34. The Morgan fingerprint density at radius 2 is 2.00 bits per heavy atom. The molecule has 0 amide bonds. The first kappa shape index (κ1) is 13.3. The van der Waals surface area contributed by atoms with Gasteiger partial charge in [0.25, 0.3) is 0 Å². The third-order valence-corrected chi connectivity index (χ3v) is 3.81. The van der Waals surface area contributed by atoms with Gasteiger partial charge < -0.3 is 10.6 Å². The van der Waals surface area contributed by atoms with Crippen LogP contribution in [0, 0.1) is 11.7 Å². The van der Waals surface area contributed by atoms with Crippen LogP contribution in [-0.4, -0.2) is 18.5 Å². The Morgan fingerprint density at radius 3 is 2.67 bits per heavy atom. The predicted octanol–water partition coefficient (Wildman–Crippen LogP) is 3.42. The van der Waals surface area contributed by atoms with E-state index in [2.05, 4.69) is 11.9 Å². The Balaban J connectivity index is 1.87. The minimum Gasteiger partial charge on any atom is -0.399 e. The lowest BCUT2D eigenvalue weighted by Crippen LogP contribution is -2.27. The molecule has 1 aromatic rings. The summed E-state index contributed by atoms with van der Waals surface area (Å²) in [5, 5.41) is 0. The van der Waals surface area contributed by atoms with Gasteiger partial charge in [-0.15, -0.1) is 0 Å². The topological polar surface area (TPSA) is 29.3 Å². The summed E-state index contributed by atoms with van der Waals surface area (Å²) in [4.78, 5) is 2.23. The molecule has 18 heavy (non-hydrogen) atoms. The van der Waals surface area contributed by atoms with Crippen molar-refractivity contribution in [3.63, 3.8) is 0 Å². The normalized spacial score (nSPS) is 17.3. The zero-order chi connectivity index (χ0) is 13.0. The van der Waals surface area contributed by atoms with Crippen LogP contribution in [0.2, 0.25) is 0 Å². The summed E-state index contributed by atoms with van der Waals surface area (Å²) in [5.41, 5.74) is 6.78. The van der Waals surface area contributed by atoms with Crippen molar-refractivity contribution in [3.8, 4) is 0 Å². The van der Waals surface area contributed by atoms with Crippen LogP contribution >= 0.6 is 0 Å². The maximum atomic E-state index is 13.7. The second-order valence-electron chi connectivity index (χ2n) is 5.55. The van der Waals surface area contributed by atoms with Gasteiger partial charge in [-0.25, -0.2) is 4.39 Å². The highest BCUT2D eigenvalue weighted by Crippen LogP contribution is 2.24. The van der Waals surface area contributed by atoms with Crippen LogP contribution in [0.25, 0.3) is 0 Å². The molecule has 0 radical (unpaired) electrons. The second-order valence-corrected chi connectivity index (χ2v) is 5.55. The Hall–Kier alpha value is -1.09. The summed E-state index contributed by atoms with van der Waals surface area (Å²) < 4.78 is 13.7. The number of nitrogens with two attached hydrogens (primary N) is 1. The zero-order valence-electron chi connectivity index (χ0n) is 11.2. The van der Waals surface area contributed by atoms with E-state index in [-0.39, 0.29) is 5.82 Å². The van der Waals surface area contributed by atoms with E-state index >= 15 is 0 Å². The highest BCUT2D eigenvalue weighted by molar-refractivity contribution is 5.40. The molecule has 2 nitrogen and oxygen atoms in total. The van der Waals surface area contributed by atoms with Crippen molar-refractivity contribution in [2.75, 3.05) is 19.3 Å². The Morgan fingerprint density at radius 1 is 1.28 bits per heavy atom. The van der Waals surface area contributed by atoms with E-state index in [0.717, 1.165) is 18.0 Å². The fraction of sp³-hybridized carbons (Fsp3) is 0.600. The van der Waals surface area contributed by atoms with Gasteiger partial charge in [-0.05, 0) is 37.9 Å². The smallest absolute Gasteiger partial charge is 0.129 e. The van der Waals surface area contributed by atoms with Crippen molar-refractivity contribution in [2.24, 2.45) is 5.92 Å². The molecule has 3 heteroatoms. The standard InChI is InChI=1S/C15H23FN2/c1-18(10-12-5-3-2-4-6-12)11-13-7-8-14(17)9-15(13)16/h7-9,12H,2-6,10-11,17H2,1H3. The molecule has 1 aromatic carbocycles. The first-order chi connectivity index (χ1) is 8.65. The molecule has 0 bridgehead atoms. The molecule has 1 aliphatic rings. The lowest BCUT2D eigenvalue weighted by atomic mass is 9.89. The number of nitrogens with zero attached hydrogens (tertiary/aromatic N) is 1. The van der Waals surface area contributed by atoms with Crippen molar-refractivity contribution in [1.29, 1.82) is 0 Å². The van der Waals surface area contributed by atoms with Crippen LogP contribution < -0.4 is 5.73 Å². The number of anilines is 1. The molecule has 0 spiro atoms. The summed E-state index contributed by atoms with van der Waals surface area (Å²) in [6, 6.07) is 4.97. The van der Waals surface area contributed by atoms with Gasteiger partial charge in [0.1, 0.15) is 5.82 Å². The predicted molar refractivity (Wildman–Crippen MR) is 73.7 cm³/mol. The summed E-state index contributed by atoms with van der Waals surface area (Å²) >= 11 is 0. The van der Waals surface area contributed by atoms with E-state index in [0.29, 0.717) is 12.2 Å². The van der Waals surface area contributed by atoms with Crippen molar-refractivity contribution in [2.45, 2.75) is 38.6 Å². The first-order valence-electron chi connectivity index (χ1n) is 6.87. The van der Waals surface area contributed by atoms with Crippen LogP contribution in [0.5, 0.6) is 0 Å². The molecule has 0 unspecified atom stereocenters. The minimum absolute atomic E-state index is 0.189. The number of nitrogen functional groups attached to an aromatic ring is 1. The zero-order valence-corrected chi connectivity index (χ0v) is 11.2. The number of benzene rings is 1. The number of hydrogen-bond acceptors (Lipinski definition) is 2. The first-order valence-corrected chi connectivity index (χ1v) is 6.87. The fourth-order valence-electron chi connectivity index (χ4n) is 2.86. The SMILES string of the molecule is CN(Cc1ccc(N)cc1F)CC1CCCCC1. The van der Waals surface area contributed by atoms with E-state index in [9.17, 15) is 4.39 Å². The van der Waals surface area contributed by atoms with Crippen LogP contribution in [0.15, 0.2) is 18.2 Å². The van der Waals surface area contributed by atoms with Gasteiger partial charge in [0.05, 0.1) is 0 Å². The van der Waals surface area contributed by atoms with Gasteiger partial charge in [-0.2, -0.15) is 0 Å². The quantitative estimate of drug-likeness (QED) is 0.830. The summed E-state index contributed by atoms with van der Waals surface area (Å²) in [5.74, 6) is 0.603. The molecule has 1 aliphatic carbocycles. The van der Waals surface area contributed by atoms with Crippen molar-refractivity contribution in [3.05, 3.63) is 29.6 Å². The highest BCUT2D eigenvalue weighted by atomic mass is 19.1. The average molecular weight is 250 g/mol. The van der Waals surface area contributed by atoms with E-state index in [4.69, 9.17) is 5.73 Å². The van der Waals surface area contributed by atoms with Crippen molar-refractivity contribution < 1.29 is 4.39 Å². The Labute approximate surface area is 109 Å². The van der Waals surface area contributed by atoms with Crippen LogP contribution in [0.4, 0.5) is 10.1 Å². The largest absolute Gasteiger partial charge is 0.399 e. The third kappa shape index (κ3) is 3.70. The van der Waals surface area contributed by atoms with Gasteiger partial charge >= 0.3 is 0 Å². The lowest BCUT2D eigenvalue weighted by molar-refractivity contribution is 0.226. The molecule has 100 valence electrons. The second kappa shape index (κ2) is 6.19. The highest BCUT2D eigenvalue weighted by Gasteiger charge is 2.16. The summed E-state index contributed by atoms with van der Waals surface area (Å²) in [6.45, 7) is 1.74. The van der Waals surface area contributed by atoms with Gasteiger partial charge in [-0.1, -0.05) is 25.3 Å². The fourth-order valence-corrected chi connectivity index (χ4v) is 2.86. The molecule has 0 aliphatic heterocycles. The van der Waals surface area contributed by atoms with Gasteiger partial charge in [-0.3, -0.25) is 0 Å². The monoisotopic (exact) mass is 250 g/mol. The Bertz CT molecular complexity index is 386. The van der Waals surface area contributed by atoms with Crippen molar-refractivity contribution >= 4 is 5.69 Å². The van der Waals surface area contributed by atoms with Crippen LogP contribution in [0.3, 0.4) is 0 Å². The van der Waals surface area contributed by atoms with Crippen LogP contribution in [-0.2, 0) is 6.54 Å². The van der Waals surface area contributed by atoms with Crippen molar-refractivity contribution in [1.82, 2.24) is 4.90 Å². The molecule has 0 heterocycles. The molecule has 1 fully saturated rings. The van der Waals surface area contributed by atoms with Gasteiger partial charge in [0, 0.05) is 24.3 Å². The van der Waals surface area contributed by atoms with E-state index < -0.39 is 0 Å². The number of halogens is 1. The molecular formula is C15H23FN2. The minimum atomic E-state index is -0.189. The van der Waals surface area contributed by atoms with Gasteiger partial charge in [0.2, 0.25) is 0 Å².